The maximum Gasteiger partial charge on any atom is 0.243 e. The normalized spacial score (nSPS) is 22.8. The molecule has 1 fully saturated rings. The van der Waals surface area contributed by atoms with Crippen molar-refractivity contribution >= 4 is 15.9 Å². The Morgan fingerprint density at radius 2 is 1.59 bits per heavy atom. The zero-order valence-corrected chi connectivity index (χ0v) is 21.7. The van der Waals surface area contributed by atoms with Gasteiger partial charge in [-0.25, -0.2) is 17.5 Å². The number of rotatable bonds is 3. The van der Waals surface area contributed by atoms with Crippen molar-refractivity contribution in [2.24, 2.45) is 21.2 Å². The van der Waals surface area contributed by atoms with Crippen molar-refractivity contribution in [3.05, 3.63) is 41.4 Å². The summed E-state index contributed by atoms with van der Waals surface area (Å²) in [5.74, 6) is 0.239. The zero-order chi connectivity index (χ0) is 24.3. The molecule has 0 spiro atoms. The van der Waals surface area contributed by atoms with Crippen LogP contribution in [-0.2, 0) is 10.0 Å². The van der Waals surface area contributed by atoms with Gasteiger partial charge in [0.2, 0.25) is 10.0 Å². The number of benzene rings is 1. The van der Waals surface area contributed by atoms with Crippen LogP contribution >= 0.6 is 0 Å². The molecule has 0 radical (unpaired) electrons. The smallest absolute Gasteiger partial charge is 0.243 e. The van der Waals surface area contributed by atoms with E-state index in [0.29, 0.717) is 13.0 Å². The van der Waals surface area contributed by atoms with Crippen molar-refractivity contribution in [1.29, 1.82) is 0 Å². The van der Waals surface area contributed by atoms with E-state index >= 15 is 0 Å². The topological polar surface area (TPSA) is 61.8 Å². The second-order valence-electron chi connectivity index (χ2n) is 12.1. The third kappa shape index (κ3) is 4.79. The summed E-state index contributed by atoms with van der Waals surface area (Å²) in [6.07, 6.45) is 0.558. The molecule has 2 unspecified atom stereocenters. The van der Waals surface area contributed by atoms with Gasteiger partial charge in [0.1, 0.15) is 16.5 Å². The van der Waals surface area contributed by atoms with Crippen LogP contribution in [0.2, 0.25) is 0 Å². The molecule has 2 atom stereocenters. The first-order valence-electron chi connectivity index (χ1n) is 11.3. The van der Waals surface area contributed by atoms with Crippen LogP contribution in [-0.4, -0.2) is 37.8 Å². The predicted molar refractivity (Wildman–Crippen MR) is 128 cm³/mol. The second kappa shape index (κ2) is 7.94. The molecule has 1 aromatic carbocycles. The summed E-state index contributed by atoms with van der Waals surface area (Å²) in [4.78, 5) is 7.16. The van der Waals surface area contributed by atoms with Crippen molar-refractivity contribution in [3.63, 3.8) is 0 Å². The molecule has 5 nitrogen and oxygen atoms in total. The number of fused-ring (bicyclic) bond motifs is 1. The van der Waals surface area contributed by atoms with E-state index in [9.17, 15) is 12.8 Å². The minimum absolute atomic E-state index is 0.00454. The summed E-state index contributed by atoms with van der Waals surface area (Å²) in [5.41, 5.74) is 2.00. The highest BCUT2D eigenvalue weighted by Gasteiger charge is 2.47. The Bertz CT molecular complexity index is 1050. The molecule has 0 aromatic heterocycles. The van der Waals surface area contributed by atoms with Gasteiger partial charge >= 0.3 is 0 Å². The Kier molecular flexibility index (Phi) is 6.18. The van der Waals surface area contributed by atoms with Crippen molar-refractivity contribution < 1.29 is 12.8 Å². The maximum absolute atomic E-state index is 14.2. The molecular weight excluding hydrogens is 425 g/mol. The molecular formula is C25H38FN3O2S. The van der Waals surface area contributed by atoms with Gasteiger partial charge in [0.05, 0.1) is 6.04 Å². The first kappa shape index (κ1) is 24.9. The van der Waals surface area contributed by atoms with E-state index in [1.54, 1.807) is 0 Å². The summed E-state index contributed by atoms with van der Waals surface area (Å²) in [7, 11) is -3.98. The van der Waals surface area contributed by atoms with Gasteiger partial charge in [-0.2, -0.15) is 0 Å². The SMILES string of the molecule is CC(C)(C)C1=NC(C(C)(C)C)C(C(C)(C)C)=C2CC(NS(=O)(=O)c3ccccc3F)CN12. The van der Waals surface area contributed by atoms with E-state index in [-0.39, 0.29) is 33.2 Å². The molecule has 7 heteroatoms. The third-order valence-electron chi connectivity index (χ3n) is 6.01. The number of hydrogen-bond acceptors (Lipinski definition) is 4. The standard InChI is InChI=1S/C25H38FN3O2S/c1-23(2,3)20-18-14-16(28-32(30,31)19-13-11-10-12-17(19)26)15-29(18)22(25(7,8)9)27-21(20)24(4,5)6/h10-13,16,21,28H,14-15H2,1-9H3. The van der Waals surface area contributed by atoms with E-state index in [0.717, 1.165) is 11.5 Å². The number of sulfonamides is 1. The minimum atomic E-state index is -3.98. The van der Waals surface area contributed by atoms with Gasteiger partial charge in [0.15, 0.2) is 0 Å². The molecule has 32 heavy (non-hydrogen) atoms. The van der Waals surface area contributed by atoms with Crippen molar-refractivity contribution in [2.45, 2.75) is 85.7 Å². The number of amidine groups is 1. The Hall–Kier alpha value is -1.73. The zero-order valence-electron chi connectivity index (χ0n) is 20.9. The molecule has 1 N–H and O–H groups in total. The molecule has 178 valence electrons. The Balaban J connectivity index is 2.07. The number of aliphatic imine (C=N–C) groups is 1. The van der Waals surface area contributed by atoms with Gasteiger partial charge in [-0.05, 0) is 28.5 Å². The summed E-state index contributed by atoms with van der Waals surface area (Å²) in [5, 5.41) is 0. The van der Waals surface area contributed by atoms with Gasteiger partial charge in [-0.15, -0.1) is 0 Å². The Labute approximate surface area is 193 Å². The fraction of sp³-hybridized carbons (Fsp3) is 0.640. The van der Waals surface area contributed by atoms with E-state index in [2.05, 4.69) is 71.9 Å². The van der Waals surface area contributed by atoms with Crippen LogP contribution in [0.5, 0.6) is 0 Å². The summed E-state index contributed by atoms with van der Waals surface area (Å²) in [6.45, 7) is 20.1. The predicted octanol–water partition coefficient (Wildman–Crippen LogP) is 5.35. The van der Waals surface area contributed by atoms with Gasteiger partial charge in [0, 0.05) is 30.1 Å². The Morgan fingerprint density at radius 1 is 1.00 bits per heavy atom. The van der Waals surface area contributed by atoms with Crippen LogP contribution in [0.1, 0.15) is 68.7 Å². The van der Waals surface area contributed by atoms with Crippen molar-refractivity contribution in [1.82, 2.24) is 9.62 Å². The molecule has 3 rings (SSSR count). The monoisotopic (exact) mass is 463 g/mol. The summed E-state index contributed by atoms with van der Waals surface area (Å²) >= 11 is 0. The Morgan fingerprint density at radius 3 is 2.09 bits per heavy atom. The molecule has 0 aliphatic carbocycles. The average molecular weight is 464 g/mol. The van der Waals surface area contributed by atoms with Crippen LogP contribution < -0.4 is 4.72 Å². The molecule has 1 saturated heterocycles. The molecule has 1 aromatic rings. The summed E-state index contributed by atoms with van der Waals surface area (Å²) in [6, 6.07) is 5.14. The average Bonchev–Trinajstić information content (AvgIpc) is 2.99. The van der Waals surface area contributed by atoms with Gasteiger partial charge in [-0.1, -0.05) is 74.4 Å². The molecule has 2 aliphatic rings. The van der Waals surface area contributed by atoms with Crippen LogP contribution in [0, 0.1) is 22.1 Å². The summed E-state index contributed by atoms with van der Waals surface area (Å²) < 4.78 is 42.9. The number of hydrogen-bond donors (Lipinski definition) is 1. The molecule has 0 amide bonds. The highest BCUT2D eigenvalue weighted by molar-refractivity contribution is 7.89. The minimum Gasteiger partial charge on any atom is -0.332 e. The number of nitrogens with zero attached hydrogens (tertiary/aromatic N) is 2. The first-order valence-corrected chi connectivity index (χ1v) is 12.8. The number of nitrogens with one attached hydrogen (secondary N) is 1. The van der Waals surface area contributed by atoms with Crippen LogP contribution in [0.4, 0.5) is 4.39 Å². The molecule has 0 bridgehead atoms. The highest BCUT2D eigenvalue weighted by atomic mass is 32.2. The fourth-order valence-corrected chi connectivity index (χ4v) is 6.02. The lowest BCUT2D eigenvalue weighted by Gasteiger charge is -2.45. The van der Waals surface area contributed by atoms with Gasteiger partial charge < -0.3 is 4.90 Å². The van der Waals surface area contributed by atoms with Crippen molar-refractivity contribution in [3.8, 4) is 0 Å². The van der Waals surface area contributed by atoms with E-state index in [1.165, 1.54) is 29.8 Å². The first-order chi connectivity index (χ1) is 14.4. The molecule has 0 saturated carbocycles. The second-order valence-corrected chi connectivity index (χ2v) is 13.8. The quantitative estimate of drug-likeness (QED) is 0.657. The third-order valence-corrected chi connectivity index (χ3v) is 7.56. The van der Waals surface area contributed by atoms with Crippen molar-refractivity contribution in [2.75, 3.05) is 6.54 Å². The lowest BCUT2D eigenvalue weighted by molar-refractivity contribution is 0.285. The highest BCUT2D eigenvalue weighted by Crippen LogP contribution is 2.47. The molecule has 2 heterocycles. The molecule has 2 aliphatic heterocycles. The fourth-order valence-electron chi connectivity index (χ4n) is 4.72. The maximum atomic E-state index is 14.2. The number of halogens is 1. The van der Waals surface area contributed by atoms with E-state index < -0.39 is 15.8 Å². The van der Waals surface area contributed by atoms with Gasteiger partial charge in [0.25, 0.3) is 0 Å². The van der Waals surface area contributed by atoms with E-state index in [1.807, 2.05) is 0 Å². The van der Waals surface area contributed by atoms with E-state index in [4.69, 9.17) is 4.99 Å². The van der Waals surface area contributed by atoms with Crippen LogP contribution in [0.15, 0.2) is 45.4 Å². The lowest BCUT2D eigenvalue weighted by Crippen LogP contribution is -2.47. The van der Waals surface area contributed by atoms with Gasteiger partial charge in [-0.3, -0.25) is 4.99 Å². The van der Waals surface area contributed by atoms with Crippen LogP contribution in [0.25, 0.3) is 0 Å². The largest absolute Gasteiger partial charge is 0.332 e. The lowest BCUT2D eigenvalue weighted by atomic mass is 9.70. The van der Waals surface area contributed by atoms with Crippen LogP contribution in [0.3, 0.4) is 0 Å².